The van der Waals surface area contributed by atoms with E-state index in [1.807, 2.05) is 13.8 Å². The fourth-order valence-electron chi connectivity index (χ4n) is 0.892. The van der Waals surface area contributed by atoms with Gasteiger partial charge in [-0.05, 0) is 26.7 Å². The number of halogens is 1. The Morgan fingerprint density at radius 3 is 2.12 bits per heavy atom. The van der Waals surface area contributed by atoms with Crippen LogP contribution in [0.25, 0.3) is 0 Å². The first-order chi connectivity index (χ1) is 7.14. The maximum absolute atomic E-state index is 11.6. The molecule has 0 aliphatic heterocycles. The number of carbonyl (C=O) groups is 2. The van der Waals surface area contributed by atoms with Gasteiger partial charge in [0.1, 0.15) is 6.04 Å². The summed E-state index contributed by atoms with van der Waals surface area (Å²) < 4.78 is -0.653. The third-order valence-corrected chi connectivity index (χ3v) is 2.33. The second kappa shape index (κ2) is 6.23. The summed E-state index contributed by atoms with van der Waals surface area (Å²) >= 11 is 3.24. The lowest BCUT2D eigenvalue weighted by molar-refractivity contribution is -0.129. The standard InChI is InChI=1S/C11H21BrN2O2/c1-7(2)6-13-9(15)8(3)14-10(16)11(4,5)12/h7-8H,6H2,1-5H3,(H,13,15)(H,14,16). The molecule has 0 aromatic heterocycles. The van der Waals surface area contributed by atoms with Crippen molar-refractivity contribution >= 4 is 27.7 Å². The topological polar surface area (TPSA) is 58.2 Å². The van der Waals surface area contributed by atoms with Crippen LogP contribution in [0.5, 0.6) is 0 Å². The van der Waals surface area contributed by atoms with Crippen molar-refractivity contribution in [2.75, 3.05) is 6.54 Å². The maximum Gasteiger partial charge on any atom is 0.242 e. The number of rotatable bonds is 5. The van der Waals surface area contributed by atoms with Gasteiger partial charge in [-0.3, -0.25) is 9.59 Å². The Bertz CT molecular complexity index is 259. The smallest absolute Gasteiger partial charge is 0.242 e. The van der Waals surface area contributed by atoms with E-state index < -0.39 is 10.4 Å². The van der Waals surface area contributed by atoms with E-state index in [0.29, 0.717) is 12.5 Å². The average Bonchev–Trinajstić information content (AvgIpc) is 2.12. The number of alkyl halides is 1. The van der Waals surface area contributed by atoms with Crippen LogP contribution in [0, 0.1) is 5.92 Å². The van der Waals surface area contributed by atoms with E-state index in [-0.39, 0.29) is 11.8 Å². The van der Waals surface area contributed by atoms with E-state index in [1.54, 1.807) is 20.8 Å². The Kier molecular flexibility index (Phi) is 6.00. The van der Waals surface area contributed by atoms with Gasteiger partial charge < -0.3 is 10.6 Å². The van der Waals surface area contributed by atoms with Crippen molar-refractivity contribution < 1.29 is 9.59 Å². The summed E-state index contributed by atoms with van der Waals surface area (Å²) in [5.74, 6) is 0.0537. The van der Waals surface area contributed by atoms with Crippen molar-refractivity contribution in [2.45, 2.75) is 45.0 Å². The predicted octanol–water partition coefficient (Wildman–Crippen LogP) is 1.44. The molecule has 94 valence electrons. The molecule has 0 aliphatic rings. The van der Waals surface area contributed by atoms with Crippen molar-refractivity contribution in [3.05, 3.63) is 0 Å². The van der Waals surface area contributed by atoms with Gasteiger partial charge in [0.15, 0.2) is 0 Å². The fraction of sp³-hybridized carbons (Fsp3) is 0.818. The van der Waals surface area contributed by atoms with Crippen molar-refractivity contribution in [2.24, 2.45) is 5.92 Å². The first kappa shape index (κ1) is 15.4. The maximum atomic E-state index is 11.6. The number of carbonyl (C=O) groups excluding carboxylic acids is 2. The zero-order valence-electron chi connectivity index (χ0n) is 10.6. The van der Waals surface area contributed by atoms with Gasteiger partial charge in [-0.15, -0.1) is 0 Å². The van der Waals surface area contributed by atoms with Crippen LogP contribution >= 0.6 is 15.9 Å². The monoisotopic (exact) mass is 292 g/mol. The Hall–Kier alpha value is -0.580. The molecular weight excluding hydrogens is 272 g/mol. The highest BCUT2D eigenvalue weighted by molar-refractivity contribution is 9.10. The SMILES string of the molecule is CC(C)CNC(=O)C(C)NC(=O)C(C)(C)Br. The lowest BCUT2D eigenvalue weighted by Crippen LogP contribution is -2.49. The molecule has 0 fully saturated rings. The van der Waals surface area contributed by atoms with Gasteiger partial charge in [-0.2, -0.15) is 0 Å². The minimum atomic E-state index is -0.653. The Morgan fingerprint density at radius 1 is 1.25 bits per heavy atom. The number of hydrogen-bond donors (Lipinski definition) is 2. The molecule has 0 aromatic carbocycles. The van der Waals surface area contributed by atoms with Crippen molar-refractivity contribution in [3.63, 3.8) is 0 Å². The molecule has 2 N–H and O–H groups in total. The minimum absolute atomic E-state index is 0.154. The summed E-state index contributed by atoms with van der Waals surface area (Å²) in [6.07, 6.45) is 0. The second-order valence-electron chi connectivity index (χ2n) is 4.81. The summed E-state index contributed by atoms with van der Waals surface area (Å²) in [7, 11) is 0. The van der Waals surface area contributed by atoms with Crippen LogP contribution in [0.1, 0.15) is 34.6 Å². The molecule has 2 amide bonds. The van der Waals surface area contributed by atoms with Crippen LogP contribution < -0.4 is 10.6 Å². The Morgan fingerprint density at radius 2 is 1.75 bits per heavy atom. The molecule has 0 saturated heterocycles. The molecule has 0 aromatic rings. The quantitative estimate of drug-likeness (QED) is 0.754. The van der Waals surface area contributed by atoms with Crippen LogP contribution in [-0.4, -0.2) is 28.7 Å². The van der Waals surface area contributed by atoms with Gasteiger partial charge in [0.2, 0.25) is 11.8 Å². The van der Waals surface area contributed by atoms with Crippen molar-refractivity contribution in [1.82, 2.24) is 10.6 Å². The summed E-state index contributed by atoms with van der Waals surface area (Å²) in [5, 5.41) is 5.42. The van der Waals surface area contributed by atoms with Crippen LogP contribution in [0.4, 0.5) is 0 Å². The molecule has 5 heteroatoms. The number of nitrogens with one attached hydrogen (secondary N) is 2. The van der Waals surface area contributed by atoms with Crippen LogP contribution in [-0.2, 0) is 9.59 Å². The number of amides is 2. The first-order valence-electron chi connectivity index (χ1n) is 5.42. The van der Waals surface area contributed by atoms with Gasteiger partial charge in [-0.1, -0.05) is 29.8 Å². The van der Waals surface area contributed by atoms with Gasteiger partial charge in [0, 0.05) is 6.54 Å². The normalized spacial score (nSPS) is 13.4. The fourth-order valence-corrected chi connectivity index (χ4v) is 1.01. The summed E-state index contributed by atoms with van der Waals surface area (Å²) in [6.45, 7) is 9.81. The molecule has 0 bridgehead atoms. The van der Waals surface area contributed by atoms with E-state index in [4.69, 9.17) is 0 Å². The van der Waals surface area contributed by atoms with Gasteiger partial charge >= 0.3 is 0 Å². The molecule has 16 heavy (non-hydrogen) atoms. The highest BCUT2D eigenvalue weighted by Gasteiger charge is 2.26. The van der Waals surface area contributed by atoms with E-state index in [0.717, 1.165) is 0 Å². The molecule has 1 atom stereocenters. The van der Waals surface area contributed by atoms with Crippen LogP contribution in [0.3, 0.4) is 0 Å². The van der Waals surface area contributed by atoms with E-state index in [1.165, 1.54) is 0 Å². The first-order valence-corrected chi connectivity index (χ1v) is 6.21. The Balaban J connectivity index is 4.11. The molecule has 1 unspecified atom stereocenters. The predicted molar refractivity (Wildman–Crippen MR) is 68.5 cm³/mol. The third-order valence-electron chi connectivity index (χ3n) is 1.97. The molecular formula is C11H21BrN2O2. The average molecular weight is 293 g/mol. The zero-order chi connectivity index (χ0) is 12.9. The summed E-state index contributed by atoms with van der Waals surface area (Å²) in [4.78, 5) is 23.1. The van der Waals surface area contributed by atoms with Crippen LogP contribution in [0.2, 0.25) is 0 Å². The van der Waals surface area contributed by atoms with E-state index in [9.17, 15) is 9.59 Å². The van der Waals surface area contributed by atoms with Crippen molar-refractivity contribution in [3.8, 4) is 0 Å². The molecule has 4 nitrogen and oxygen atoms in total. The summed E-state index contributed by atoms with van der Waals surface area (Å²) in [5.41, 5.74) is 0. The van der Waals surface area contributed by atoms with Gasteiger partial charge in [0.25, 0.3) is 0 Å². The summed E-state index contributed by atoms with van der Waals surface area (Å²) in [6, 6.07) is -0.511. The molecule has 0 saturated carbocycles. The lowest BCUT2D eigenvalue weighted by Gasteiger charge is -2.20. The highest BCUT2D eigenvalue weighted by atomic mass is 79.9. The van der Waals surface area contributed by atoms with Crippen LogP contribution in [0.15, 0.2) is 0 Å². The highest BCUT2D eigenvalue weighted by Crippen LogP contribution is 2.15. The molecule has 0 aliphatic carbocycles. The van der Waals surface area contributed by atoms with Gasteiger partial charge in [-0.25, -0.2) is 0 Å². The minimum Gasteiger partial charge on any atom is -0.354 e. The molecule has 0 radical (unpaired) electrons. The Labute approximate surface area is 106 Å². The molecule has 0 rings (SSSR count). The van der Waals surface area contributed by atoms with Gasteiger partial charge in [0.05, 0.1) is 4.32 Å². The molecule has 0 heterocycles. The van der Waals surface area contributed by atoms with E-state index >= 15 is 0 Å². The number of hydrogen-bond acceptors (Lipinski definition) is 2. The van der Waals surface area contributed by atoms with E-state index in [2.05, 4.69) is 26.6 Å². The largest absolute Gasteiger partial charge is 0.354 e. The third kappa shape index (κ3) is 6.10. The molecule has 0 spiro atoms. The van der Waals surface area contributed by atoms with Crippen molar-refractivity contribution in [1.29, 1.82) is 0 Å². The second-order valence-corrected chi connectivity index (χ2v) is 6.79. The lowest BCUT2D eigenvalue weighted by atomic mass is 10.2. The zero-order valence-corrected chi connectivity index (χ0v) is 12.1.